The number of carboxylic acid groups (broad SMARTS) is 1. The van der Waals surface area contributed by atoms with Crippen molar-refractivity contribution in [1.29, 1.82) is 0 Å². The first-order chi connectivity index (χ1) is 9.61. The first-order valence-corrected chi connectivity index (χ1v) is 6.32. The highest BCUT2D eigenvalue weighted by Crippen LogP contribution is 2.33. The quantitative estimate of drug-likeness (QED) is 0.898. The van der Waals surface area contributed by atoms with E-state index in [1.807, 2.05) is 6.92 Å². The first kappa shape index (κ1) is 12.5. The average Bonchev–Trinajstić information content (AvgIpc) is 2.46. The molecular weight excluding hydrogens is 262 g/mol. The summed E-state index contributed by atoms with van der Waals surface area (Å²) in [6, 6.07) is 3.28. The third-order valence-corrected chi connectivity index (χ3v) is 3.32. The molecule has 6 nitrogen and oxygen atoms in total. The highest BCUT2D eigenvalue weighted by Gasteiger charge is 2.19. The Labute approximate surface area is 114 Å². The molecule has 0 saturated carbocycles. The Kier molecular flexibility index (Phi) is 2.85. The highest BCUT2D eigenvalue weighted by molar-refractivity contribution is 5.93. The third-order valence-electron chi connectivity index (χ3n) is 3.32. The molecule has 0 atom stereocenters. The number of fused-ring (bicyclic) bond motifs is 2. The van der Waals surface area contributed by atoms with E-state index in [1.165, 1.54) is 6.20 Å². The summed E-state index contributed by atoms with van der Waals surface area (Å²) in [4.78, 5) is 23.4. The molecule has 1 aliphatic heterocycles. The molecule has 0 radical (unpaired) electrons. The molecule has 1 aromatic heterocycles. The van der Waals surface area contributed by atoms with Crippen molar-refractivity contribution >= 4 is 16.9 Å². The van der Waals surface area contributed by atoms with E-state index >= 15 is 0 Å². The first-order valence-electron chi connectivity index (χ1n) is 6.32. The second-order valence-electron chi connectivity index (χ2n) is 4.48. The number of aryl methyl sites for hydroxylation is 1. The van der Waals surface area contributed by atoms with Crippen LogP contribution in [-0.2, 0) is 6.54 Å². The Hall–Kier alpha value is -2.50. The molecule has 0 bridgehead atoms. The zero-order valence-corrected chi connectivity index (χ0v) is 10.9. The van der Waals surface area contributed by atoms with E-state index in [0.29, 0.717) is 42.2 Å². The molecule has 2 aromatic rings. The summed E-state index contributed by atoms with van der Waals surface area (Å²) in [5.74, 6) is -0.173. The predicted octanol–water partition coefficient (Wildman–Crippen LogP) is 1.49. The maximum absolute atomic E-state index is 12.2. The molecule has 104 valence electrons. The van der Waals surface area contributed by atoms with Crippen LogP contribution in [0.5, 0.6) is 11.5 Å². The van der Waals surface area contributed by atoms with Crippen LogP contribution in [0.1, 0.15) is 17.3 Å². The highest BCUT2D eigenvalue weighted by atomic mass is 16.6. The van der Waals surface area contributed by atoms with Crippen LogP contribution in [0.2, 0.25) is 0 Å². The summed E-state index contributed by atoms with van der Waals surface area (Å²) in [5, 5.41) is 9.44. The summed E-state index contributed by atoms with van der Waals surface area (Å²) < 4.78 is 12.7. The van der Waals surface area contributed by atoms with Gasteiger partial charge >= 0.3 is 5.97 Å². The Morgan fingerprint density at radius 3 is 2.55 bits per heavy atom. The average molecular weight is 275 g/mol. The molecule has 6 heteroatoms. The molecule has 0 saturated heterocycles. The molecule has 2 heterocycles. The minimum atomic E-state index is -1.23. The van der Waals surface area contributed by atoms with Crippen LogP contribution in [0.4, 0.5) is 0 Å². The fourth-order valence-electron chi connectivity index (χ4n) is 2.34. The van der Waals surface area contributed by atoms with Gasteiger partial charge in [-0.1, -0.05) is 0 Å². The van der Waals surface area contributed by atoms with Gasteiger partial charge < -0.3 is 19.1 Å². The zero-order chi connectivity index (χ0) is 14.3. The predicted molar refractivity (Wildman–Crippen MR) is 71.8 cm³/mol. The van der Waals surface area contributed by atoms with Gasteiger partial charge in [0.2, 0.25) is 5.43 Å². The van der Waals surface area contributed by atoms with Gasteiger partial charge in [0.1, 0.15) is 18.8 Å². The van der Waals surface area contributed by atoms with Gasteiger partial charge in [0, 0.05) is 18.8 Å². The Morgan fingerprint density at radius 2 is 1.95 bits per heavy atom. The normalized spacial score (nSPS) is 13.4. The third kappa shape index (κ3) is 1.80. The fraction of sp³-hybridized carbons (Fsp3) is 0.286. The summed E-state index contributed by atoms with van der Waals surface area (Å²) in [5.41, 5.74) is -0.100. The van der Waals surface area contributed by atoms with Crippen LogP contribution < -0.4 is 14.9 Å². The number of ether oxygens (including phenoxy) is 2. The minimum Gasteiger partial charge on any atom is -0.486 e. The van der Waals surface area contributed by atoms with Crippen LogP contribution in [0, 0.1) is 0 Å². The SMILES string of the molecule is CCn1cc(C(=O)O)c(=O)c2cc3c(cc21)OCCO3. The Balaban J connectivity index is 2.39. The van der Waals surface area contributed by atoms with E-state index in [9.17, 15) is 9.59 Å². The van der Waals surface area contributed by atoms with Crippen molar-refractivity contribution in [1.82, 2.24) is 4.57 Å². The van der Waals surface area contributed by atoms with Crippen LogP contribution in [-0.4, -0.2) is 28.9 Å². The maximum Gasteiger partial charge on any atom is 0.341 e. The number of rotatable bonds is 2. The number of hydrogen-bond acceptors (Lipinski definition) is 4. The molecule has 0 spiro atoms. The molecule has 1 aliphatic rings. The standard InChI is InChI=1S/C14H13NO5/c1-2-15-7-9(14(17)18)13(16)8-5-11-12(6-10(8)15)20-4-3-19-11/h5-7H,2-4H2,1H3,(H,17,18). The van der Waals surface area contributed by atoms with E-state index in [-0.39, 0.29) is 5.56 Å². The number of carbonyl (C=O) groups is 1. The smallest absolute Gasteiger partial charge is 0.341 e. The lowest BCUT2D eigenvalue weighted by Gasteiger charge is -2.20. The van der Waals surface area contributed by atoms with Crippen molar-refractivity contribution in [2.24, 2.45) is 0 Å². The number of aromatic carboxylic acids is 1. The van der Waals surface area contributed by atoms with Gasteiger partial charge in [-0.3, -0.25) is 4.79 Å². The van der Waals surface area contributed by atoms with Gasteiger partial charge in [-0.25, -0.2) is 4.79 Å². The number of hydrogen-bond donors (Lipinski definition) is 1. The van der Waals surface area contributed by atoms with Crippen molar-refractivity contribution in [2.45, 2.75) is 13.5 Å². The maximum atomic E-state index is 12.2. The van der Waals surface area contributed by atoms with E-state index < -0.39 is 11.4 Å². The van der Waals surface area contributed by atoms with Crippen LogP contribution in [0.3, 0.4) is 0 Å². The van der Waals surface area contributed by atoms with Crippen LogP contribution in [0.15, 0.2) is 23.1 Å². The number of benzene rings is 1. The van der Waals surface area contributed by atoms with Gasteiger partial charge in [0.25, 0.3) is 0 Å². The van der Waals surface area contributed by atoms with E-state index in [4.69, 9.17) is 14.6 Å². The van der Waals surface area contributed by atoms with Gasteiger partial charge in [-0.2, -0.15) is 0 Å². The monoisotopic (exact) mass is 275 g/mol. The molecule has 0 aliphatic carbocycles. The number of pyridine rings is 1. The van der Waals surface area contributed by atoms with Crippen molar-refractivity contribution in [3.8, 4) is 11.5 Å². The molecular formula is C14H13NO5. The van der Waals surface area contributed by atoms with Gasteiger partial charge in [-0.15, -0.1) is 0 Å². The summed E-state index contributed by atoms with van der Waals surface area (Å²) in [7, 11) is 0. The molecule has 20 heavy (non-hydrogen) atoms. The lowest BCUT2D eigenvalue weighted by Crippen LogP contribution is -2.20. The number of nitrogens with zero attached hydrogens (tertiary/aromatic N) is 1. The minimum absolute atomic E-state index is 0.240. The fourth-order valence-corrected chi connectivity index (χ4v) is 2.34. The van der Waals surface area contributed by atoms with Crippen molar-refractivity contribution in [2.75, 3.05) is 13.2 Å². The summed E-state index contributed by atoms with van der Waals surface area (Å²) in [6.45, 7) is 3.31. The van der Waals surface area contributed by atoms with Crippen molar-refractivity contribution in [3.05, 3.63) is 34.1 Å². The van der Waals surface area contributed by atoms with Crippen molar-refractivity contribution < 1.29 is 19.4 Å². The van der Waals surface area contributed by atoms with E-state index in [0.717, 1.165) is 0 Å². The second kappa shape index (κ2) is 4.56. The Morgan fingerprint density at radius 1 is 1.30 bits per heavy atom. The van der Waals surface area contributed by atoms with Crippen molar-refractivity contribution in [3.63, 3.8) is 0 Å². The molecule has 1 aromatic carbocycles. The molecule has 1 N–H and O–H groups in total. The van der Waals surface area contributed by atoms with Gasteiger partial charge in [-0.05, 0) is 13.0 Å². The zero-order valence-electron chi connectivity index (χ0n) is 10.9. The van der Waals surface area contributed by atoms with Crippen LogP contribution >= 0.6 is 0 Å². The lowest BCUT2D eigenvalue weighted by molar-refractivity contribution is 0.0695. The van der Waals surface area contributed by atoms with Gasteiger partial charge in [0.05, 0.1) is 10.9 Å². The van der Waals surface area contributed by atoms with Gasteiger partial charge in [0.15, 0.2) is 11.5 Å². The van der Waals surface area contributed by atoms with E-state index in [1.54, 1.807) is 16.7 Å². The second-order valence-corrected chi connectivity index (χ2v) is 4.48. The summed E-state index contributed by atoms with van der Waals surface area (Å²) >= 11 is 0. The van der Waals surface area contributed by atoms with E-state index in [2.05, 4.69) is 0 Å². The number of carboxylic acids is 1. The topological polar surface area (TPSA) is 77.8 Å². The summed E-state index contributed by atoms with van der Waals surface area (Å²) in [6.07, 6.45) is 1.36. The molecule has 0 unspecified atom stereocenters. The number of aromatic nitrogens is 1. The molecule has 0 amide bonds. The molecule has 0 fully saturated rings. The Bertz CT molecular complexity index is 762. The largest absolute Gasteiger partial charge is 0.486 e. The lowest BCUT2D eigenvalue weighted by atomic mass is 10.1. The van der Waals surface area contributed by atoms with Crippen LogP contribution in [0.25, 0.3) is 10.9 Å². The molecule has 3 rings (SSSR count).